The molecule has 2 nitrogen and oxygen atoms in total. The van der Waals surface area contributed by atoms with E-state index < -0.39 is 5.60 Å². The molecule has 0 aliphatic carbocycles. The Labute approximate surface area is 168 Å². The smallest absolute Gasteiger partial charge is 0.119 e. The summed E-state index contributed by atoms with van der Waals surface area (Å²) in [5.74, 6) is 0.860. The Kier molecular flexibility index (Phi) is 14.2. The summed E-state index contributed by atoms with van der Waals surface area (Å²) in [4.78, 5) is 0. The molecule has 1 N–H and O–H groups in total. The van der Waals surface area contributed by atoms with Crippen LogP contribution >= 0.6 is 0 Å². The average Bonchev–Trinajstić information content (AvgIpc) is 2.69. The van der Waals surface area contributed by atoms with E-state index in [2.05, 4.69) is 13.8 Å². The summed E-state index contributed by atoms with van der Waals surface area (Å²) in [6.07, 6.45) is 18.3. The first-order valence-electron chi connectivity index (χ1n) is 11.6. The van der Waals surface area contributed by atoms with Crippen molar-refractivity contribution in [2.45, 2.75) is 116 Å². The maximum absolute atomic E-state index is 11.2. The monoisotopic (exact) mass is 376 g/mol. The minimum Gasteiger partial charge on any atom is -0.491 e. The maximum atomic E-state index is 11.2. The molecule has 2 heteroatoms. The van der Waals surface area contributed by atoms with Gasteiger partial charge in [-0.3, -0.25) is 0 Å². The maximum Gasteiger partial charge on any atom is 0.119 e. The van der Waals surface area contributed by atoms with Crippen molar-refractivity contribution in [1.82, 2.24) is 0 Å². The molecule has 0 saturated carbocycles. The predicted molar refractivity (Wildman–Crippen MR) is 117 cm³/mol. The minimum absolute atomic E-state index is 0.418. The van der Waals surface area contributed by atoms with E-state index >= 15 is 0 Å². The lowest BCUT2D eigenvalue weighted by atomic mass is 9.90. The Morgan fingerprint density at radius 2 is 1.11 bits per heavy atom. The van der Waals surface area contributed by atoms with Crippen LogP contribution in [-0.4, -0.2) is 17.3 Å². The van der Waals surface area contributed by atoms with Gasteiger partial charge < -0.3 is 9.84 Å². The molecule has 0 aliphatic rings. The summed E-state index contributed by atoms with van der Waals surface area (Å²) in [6.45, 7) is 4.93. The second-order valence-electron chi connectivity index (χ2n) is 8.22. The summed E-state index contributed by atoms with van der Waals surface area (Å²) in [5.41, 5.74) is -0.677. The Morgan fingerprint density at radius 3 is 1.59 bits per heavy atom. The van der Waals surface area contributed by atoms with Crippen LogP contribution in [0.4, 0.5) is 0 Å². The van der Waals surface area contributed by atoms with Gasteiger partial charge in [-0.2, -0.15) is 0 Å². The van der Waals surface area contributed by atoms with E-state index in [-0.39, 0.29) is 0 Å². The molecule has 0 aliphatic heterocycles. The fourth-order valence-corrected chi connectivity index (χ4v) is 3.65. The molecule has 1 aromatic carbocycles. The molecular formula is C25H44O2. The van der Waals surface area contributed by atoms with E-state index in [1.54, 1.807) is 0 Å². The zero-order chi connectivity index (χ0) is 19.6. The molecular weight excluding hydrogens is 332 g/mol. The third-order valence-electron chi connectivity index (χ3n) is 5.49. The molecule has 0 fully saturated rings. The Morgan fingerprint density at radius 1 is 0.667 bits per heavy atom. The van der Waals surface area contributed by atoms with Crippen molar-refractivity contribution in [1.29, 1.82) is 0 Å². The highest BCUT2D eigenvalue weighted by Crippen LogP contribution is 2.25. The van der Waals surface area contributed by atoms with Crippen LogP contribution in [0.1, 0.15) is 110 Å². The third kappa shape index (κ3) is 12.9. The van der Waals surface area contributed by atoms with E-state index in [1.165, 1.54) is 70.6 Å². The summed E-state index contributed by atoms with van der Waals surface area (Å²) in [6, 6.07) is 9.91. The lowest BCUT2D eigenvalue weighted by Gasteiger charge is -2.28. The van der Waals surface area contributed by atoms with Crippen molar-refractivity contribution in [2.75, 3.05) is 6.61 Å². The largest absolute Gasteiger partial charge is 0.491 e. The van der Waals surface area contributed by atoms with E-state index in [1.807, 2.05) is 30.3 Å². The van der Waals surface area contributed by atoms with Gasteiger partial charge in [0.05, 0.1) is 5.60 Å². The molecule has 0 spiro atoms. The fourth-order valence-electron chi connectivity index (χ4n) is 3.65. The number of unbranched alkanes of at least 4 members (excludes halogenated alkanes) is 11. The molecule has 0 bridgehead atoms. The van der Waals surface area contributed by atoms with Crippen molar-refractivity contribution in [2.24, 2.45) is 0 Å². The van der Waals surface area contributed by atoms with Crippen LogP contribution in [0.25, 0.3) is 0 Å². The minimum atomic E-state index is -0.677. The van der Waals surface area contributed by atoms with Gasteiger partial charge in [-0.1, -0.05) is 116 Å². The molecule has 156 valence electrons. The predicted octanol–water partition coefficient (Wildman–Crippen LogP) is 7.69. The summed E-state index contributed by atoms with van der Waals surface area (Å²) in [7, 11) is 0. The summed E-state index contributed by atoms with van der Waals surface area (Å²) in [5, 5.41) is 11.2. The lowest BCUT2D eigenvalue weighted by molar-refractivity contribution is -0.0230. The topological polar surface area (TPSA) is 29.5 Å². The Hall–Kier alpha value is -1.02. The van der Waals surface area contributed by atoms with Crippen LogP contribution in [-0.2, 0) is 0 Å². The van der Waals surface area contributed by atoms with E-state index in [4.69, 9.17) is 4.74 Å². The lowest BCUT2D eigenvalue weighted by Crippen LogP contribution is -2.36. The van der Waals surface area contributed by atoms with Crippen molar-refractivity contribution in [3.63, 3.8) is 0 Å². The zero-order valence-electron chi connectivity index (χ0n) is 18.1. The SMILES string of the molecule is CCCCCCCCCC(O)(CCCCCCCC)COc1ccccc1. The third-order valence-corrected chi connectivity index (χ3v) is 5.49. The standard InChI is InChI=1S/C25H44O2/c1-3-5-7-9-11-13-18-22-25(26,21-17-12-10-8-6-4-2)23-27-24-19-15-14-16-20-24/h14-16,19-20,26H,3-13,17-18,21-23H2,1-2H3. The number of aliphatic hydroxyl groups is 1. The fraction of sp³-hybridized carbons (Fsp3) is 0.760. The van der Waals surface area contributed by atoms with Crippen LogP contribution < -0.4 is 4.74 Å². The van der Waals surface area contributed by atoms with Crippen molar-refractivity contribution in [3.05, 3.63) is 30.3 Å². The molecule has 1 atom stereocenters. The van der Waals surface area contributed by atoms with E-state index in [0.29, 0.717) is 6.61 Å². The van der Waals surface area contributed by atoms with Crippen LogP contribution in [0.5, 0.6) is 5.75 Å². The van der Waals surface area contributed by atoms with Gasteiger partial charge in [-0.15, -0.1) is 0 Å². The van der Waals surface area contributed by atoms with E-state index in [9.17, 15) is 5.11 Å². The average molecular weight is 377 g/mol. The van der Waals surface area contributed by atoms with Gasteiger partial charge in [0.1, 0.15) is 12.4 Å². The number of rotatable bonds is 18. The van der Waals surface area contributed by atoms with Gasteiger partial charge in [0, 0.05) is 0 Å². The van der Waals surface area contributed by atoms with Gasteiger partial charge in [-0.25, -0.2) is 0 Å². The van der Waals surface area contributed by atoms with Crippen LogP contribution in [0.3, 0.4) is 0 Å². The highest BCUT2D eigenvalue weighted by atomic mass is 16.5. The van der Waals surface area contributed by atoms with Crippen molar-refractivity contribution < 1.29 is 9.84 Å². The number of benzene rings is 1. The van der Waals surface area contributed by atoms with Crippen LogP contribution in [0, 0.1) is 0 Å². The molecule has 0 aromatic heterocycles. The molecule has 1 rings (SSSR count). The van der Waals surface area contributed by atoms with Gasteiger partial charge >= 0.3 is 0 Å². The quantitative estimate of drug-likeness (QED) is 0.266. The van der Waals surface area contributed by atoms with Crippen LogP contribution in [0.15, 0.2) is 30.3 Å². The second-order valence-corrected chi connectivity index (χ2v) is 8.22. The van der Waals surface area contributed by atoms with Crippen LogP contribution in [0.2, 0.25) is 0 Å². The van der Waals surface area contributed by atoms with Crippen molar-refractivity contribution in [3.8, 4) is 5.75 Å². The number of hydrogen-bond donors (Lipinski definition) is 1. The first-order chi connectivity index (χ1) is 13.2. The number of hydrogen-bond acceptors (Lipinski definition) is 2. The first-order valence-corrected chi connectivity index (χ1v) is 11.6. The highest BCUT2D eigenvalue weighted by molar-refractivity contribution is 5.21. The van der Waals surface area contributed by atoms with Crippen molar-refractivity contribution >= 4 is 0 Å². The normalized spacial score (nSPS) is 13.4. The highest BCUT2D eigenvalue weighted by Gasteiger charge is 2.27. The molecule has 27 heavy (non-hydrogen) atoms. The molecule has 0 saturated heterocycles. The molecule has 0 radical (unpaired) electrons. The van der Waals surface area contributed by atoms with Gasteiger partial charge in [0.15, 0.2) is 0 Å². The zero-order valence-corrected chi connectivity index (χ0v) is 18.1. The second kappa shape index (κ2) is 16.0. The van der Waals surface area contributed by atoms with Gasteiger partial charge in [0.2, 0.25) is 0 Å². The van der Waals surface area contributed by atoms with Gasteiger partial charge in [0.25, 0.3) is 0 Å². The molecule has 0 amide bonds. The number of para-hydroxylation sites is 1. The first kappa shape index (κ1) is 24.0. The molecule has 1 unspecified atom stereocenters. The summed E-state index contributed by atoms with van der Waals surface area (Å²) < 4.78 is 5.93. The Balaban J connectivity index is 2.34. The number of ether oxygens (including phenoxy) is 1. The molecule has 1 aromatic rings. The van der Waals surface area contributed by atoms with Gasteiger partial charge in [-0.05, 0) is 25.0 Å². The molecule has 0 heterocycles. The Bertz CT molecular complexity index is 431. The summed E-state index contributed by atoms with van der Waals surface area (Å²) >= 11 is 0. The van der Waals surface area contributed by atoms with E-state index in [0.717, 1.165) is 31.4 Å².